The van der Waals surface area contributed by atoms with Gasteiger partial charge in [-0.2, -0.15) is 13.2 Å². The van der Waals surface area contributed by atoms with Crippen molar-refractivity contribution in [1.29, 1.82) is 0 Å². The van der Waals surface area contributed by atoms with E-state index in [0.29, 0.717) is 36.0 Å². The summed E-state index contributed by atoms with van der Waals surface area (Å²) in [5.41, 5.74) is 0.0944. The Morgan fingerprint density at radius 3 is 2.56 bits per heavy atom. The Bertz CT molecular complexity index is 778. The lowest BCUT2D eigenvalue weighted by Crippen LogP contribution is -2.28. The predicted octanol–water partition coefficient (Wildman–Crippen LogP) is 3.80. The molecule has 5 nitrogen and oxygen atoms in total. The fraction of sp³-hybridized carbons (Fsp3) is 0.235. The van der Waals surface area contributed by atoms with Crippen LogP contribution in [0.1, 0.15) is 11.1 Å². The number of carbonyl (C=O) groups excluding carboxylic acids is 1. The summed E-state index contributed by atoms with van der Waals surface area (Å²) in [6.45, 7) is 0.871. The fourth-order valence-electron chi connectivity index (χ4n) is 2.34. The minimum atomic E-state index is -4.41. The molecule has 0 radical (unpaired) electrons. The summed E-state index contributed by atoms with van der Waals surface area (Å²) in [5.74, 6) is 1.13. The van der Waals surface area contributed by atoms with E-state index in [1.807, 2.05) is 0 Å². The number of carbonyl (C=O) groups is 1. The highest BCUT2D eigenvalue weighted by Gasteiger charge is 2.30. The van der Waals surface area contributed by atoms with Gasteiger partial charge in [0.15, 0.2) is 11.5 Å². The number of ether oxygens (including phenoxy) is 2. The maximum atomic E-state index is 12.7. The first-order valence-electron chi connectivity index (χ1n) is 7.52. The largest absolute Gasteiger partial charge is 0.486 e. The van der Waals surface area contributed by atoms with Gasteiger partial charge in [0.25, 0.3) is 0 Å². The van der Waals surface area contributed by atoms with E-state index < -0.39 is 17.8 Å². The summed E-state index contributed by atoms with van der Waals surface area (Å²) in [5, 5.41) is 5.12. The zero-order valence-electron chi connectivity index (χ0n) is 13.0. The average molecular weight is 352 g/mol. The van der Waals surface area contributed by atoms with Crippen molar-refractivity contribution >= 4 is 11.7 Å². The van der Waals surface area contributed by atoms with Crippen molar-refractivity contribution in [1.82, 2.24) is 5.32 Å². The molecule has 2 aromatic rings. The molecule has 25 heavy (non-hydrogen) atoms. The highest BCUT2D eigenvalue weighted by Crippen LogP contribution is 2.32. The number of benzene rings is 2. The molecule has 1 heterocycles. The summed E-state index contributed by atoms with van der Waals surface area (Å²) in [6, 6.07) is 9.22. The second kappa shape index (κ2) is 6.92. The number of hydrogen-bond acceptors (Lipinski definition) is 3. The number of amides is 2. The third-order valence-electron chi connectivity index (χ3n) is 3.51. The van der Waals surface area contributed by atoms with Crippen molar-refractivity contribution in [2.24, 2.45) is 0 Å². The van der Waals surface area contributed by atoms with E-state index in [0.717, 1.165) is 12.1 Å². The van der Waals surface area contributed by atoms with Crippen LogP contribution in [0.3, 0.4) is 0 Å². The smallest absolute Gasteiger partial charge is 0.416 e. The van der Waals surface area contributed by atoms with Crippen molar-refractivity contribution in [2.75, 3.05) is 18.5 Å². The molecule has 0 spiro atoms. The van der Waals surface area contributed by atoms with Gasteiger partial charge in [-0.05, 0) is 29.8 Å². The van der Waals surface area contributed by atoms with Crippen LogP contribution in [0.2, 0.25) is 0 Å². The number of fused-ring (bicyclic) bond motifs is 1. The maximum absolute atomic E-state index is 12.7. The molecule has 0 aromatic heterocycles. The van der Waals surface area contributed by atoms with Crippen molar-refractivity contribution in [3.63, 3.8) is 0 Å². The van der Waals surface area contributed by atoms with Gasteiger partial charge < -0.3 is 20.1 Å². The molecule has 2 aromatic carbocycles. The van der Waals surface area contributed by atoms with Crippen LogP contribution >= 0.6 is 0 Å². The van der Waals surface area contributed by atoms with Gasteiger partial charge in [0.1, 0.15) is 13.2 Å². The monoisotopic (exact) mass is 352 g/mol. The van der Waals surface area contributed by atoms with E-state index in [9.17, 15) is 18.0 Å². The van der Waals surface area contributed by atoms with E-state index in [1.54, 1.807) is 18.2 Å². The lowest BCUT2D eigenvalue weighted by molar-refractivity contribution is -0.137. The minimum absolute atomic E-state index is 0.0275. The van der Waals surface area contributed by atoms with Gasteiger partial charge >= 0.3 is 12.2 Å². The molecule has 1 aliphatic heterocycles. The van der Waals surface area contributed by atoms with Gasteiger partial charge in [-0.1, -0.05) is 12.1 Å². The van der Waals surface area contributed by atoms with Crippen molar-refractivity contribution < 1.29 is 27.4 Å². The van der Waals surface area contributed by atoms with Crippen LogP contribution in [-0.2, 0) is 12.7 Å². The molecule has 0 saturated heterocycles. The van der Waals surface area contributed by atoms with E-state index in [2.05, 4.69) is 10.6 Å². The molecule has 0 fully saturated rings. The summed E-state index contributed by atoms with van der Waals surface area (Å²) >= 11 is 0. The molecule has 0 saturated carbocycles. The van der Waals surface area contributed by atoms with Crippen LogP contribution in [0, 0.1) is 0 Å². The predicted molar refractivity (Wildman–Crippen MR) is 84.7 cm³/mol. The second-order valence-electron chi connectivity index (χ2n) is 5.36. The summed E-state index contributed by atoms with van der Waals surface area (Å²) < 4.78 is 48.8. The van der Waals surface area contributed by atoms with E-state index in [-0.39, 0.29) is 6.54 Å². The molecule has 0 unspecified atom stereocenters. The summed E-state index contributed by atoms with van der Waals surface area (Å²) in [7, 11) is 0. The Morgan fingerprint density at radius 2 is 1.80 bits per heavy atom. The van der Waals surface area contributed by atoms with Crippen LogP contribution in [0.25, 0.3) is 0 Å². The van der Waals surface area contributed by atoms with Gasteiger partial charge in [-0.15, -0.1) is 0 Å². The molecular weight excluding hydrogens is 337 g/mol. The molecular formula is C17H15F3N2O3. The quantitative estimate of drug-likeness (QED) is 0.883. The Hall–Kier alpha value is -2.90. The third-order valence-corrected chi connectivity index (χ3v) is 3.51. The van der Waals surface area contributed by atoms with E-state index in [1.165, 1.54) is 12.1 Å². The number of nitrogens with one attached hydrogen (secondary N) is 2. The number of anilines is 1. The third kappa shape index (κ3) is 4.34. The molecule has 8 heteroatoms. The lowest BCUT2D eigenvalue weighted by atomic mass is 10.1. The molecule has 0 aliphatic carbocycles. The second-order valence-corrected chi connectivity index (χ2v) is 5.36. The minimum Gasteiger partial charge on any atom is -0.486 e. The SMILES string of the molecule is O=C(NCc1cccc(C(F)(F)F)c1)Nc1ccc2c(c1)OCCO2. The van der Waals surface area contributed by atoms with Gasteiger partial charge in [0.05, 0.1) is 5.56 Å². The molecule has 1 aliphatic rings. The zero-order chi connectivity index (χ0) is 17.9. The van der Waals surface area contributed by atoms with Crippen LogP contribution in [0.4, 0.5) is 23.7 Å². The lowest BCUT2D eigenvalue weighted by Gasteiger charge is -2.19. The van der Waals surface area contributed by atoms with Crippen LogP contribution < -0.4 is 20.1 Å². The summed E-state index contributed by atoms with van der Waals surface area (Å²) in [6.07, 6.45) is -4.41. The van der Waals surface area contributed by atoms with Crippen LogP contribution in [0.15, 0.2) is 42.5 Å². The van der Waals surface area contributed by atoms with Crippen molar-refractivity contribution in [3.8, 4) is 11.5 Å². The van der Waals surface area contributed by atoms with Crippen molar-refractivity contribution in [3.05, 3.63) is 53.6 Å². The normalized spacial score (nSPS) is 13.2. The van der Waals surface area contributed by atoms with Crippen LogP contribution in [-0.4, -0.2) is 19.2 Å². The summed E-state index contributed by atoms with van der Waals surface area (Å²) in [4.78, 5) is 11.9. The molecule has 2 N–H and O–H groups in total. The Kier molecular flexibility index (Phi) is 4.69. The van der Waals surface area contributed by atoms with Crippen LogP contribution in [0.5, 0.6) is 11.5 Å². The van der Waals surface area contributed by atoms with E-state index in [4.69, 9.17) is 9.47 Å². The van der Waals surface area contributed by atoms with Gasteiger partial charge in [0, 0.05) is 18.3 Å². The first-order chi connectivity index (χ1) is 11.9. The number of hydrogen-bond donors (Lipinski definition) is 2. The Morgan fingerprint density at radius 1 is 1.04 bits per heavy atom. The number of halogens is 3. The first kappa shape index (κ1) is 16.9. The molecule has 0 atom stereocenters. The van der Waals surface area contributed by atoms with Gasteiger partial charge in [-0.25, -0.2) is 4.79 Å². The molecule has 3 rings (SSSR count). The standard InChI is InChI=1S/C17H15F3N2O3/c18-17(19,20)12-3-1-2-11(8-12)10-21-16(23)22-13-4-5-14-15(9-13)25-7-6-24-14/h1-5,8-9H,6-7,10H2,(H2,21,22,23). The molecule has 132 valence electrons. The Balaban J connectivity index is 1.58. The van der Waals surface area contributed by atoms with Gasteiger partial charge in [0.2, 0.25) is 0 Å². The topological polar surface area (TPSA) is 59.6 Å². The first-order valence-corrected chi connectivity index (χ1v) is 7.52. The van der Waals surface area contributed by atoms with E-state index >= 15 is 0 Å². The maximum Gasteiger partial charge on any atom is 0.416 e. The zero-order valence-corrected chi connectivity index (χ0v) is 13.0. The fourth-order valence-corrected chi connectivity index (χ4v) is 2.34. The number of alkyl halides is 3. The number of urea groups is 1. The molecule has 0 bridgehead atoms. The van der Waals surface area contributed by atoms with Gasteiger partial charge in [-0.3, -0.25) is 0 Å². The molecule has 2 amide bonds. The van der Waals surface area contributed by atoms with Crippen molar-refractivity contribution in [2.45, 2.75) is 12.7 Å². The highest BCUT2D eigenvalue weighted by molar-refractivity contribution is 5.89. The number of rotatable bonds is 3. The Labute approximate surface area is 141 Å². The average Bonchev–Trinajstić information content (AvgIpc) is 2.59. The highest BCUT2D eigenvalue weighted by atomic mass is 19.4.